The number of rotatable bonds is 6. The van der Waals surface area contributed by atoms with E-state index in [1.807, 2.05) is 0 Å². The van der Waals surface area contributed by atoms with Crippen molar-refractivity contribution in [1.29, 1.82) is 0 Å². The fourth-order valence-electron chi connectivity index (χ4n) is 2.15. The number of amides is 2. The van der Waals surface area contributed by atoms with Gasteiger partial charge in [0, 0.05) is 13.1 Å². The van der Waals surface area contributed by atoms with Gasteiger partial charge in [0.15, 0.2) is 18.1 Å². The Morgan fingerprint density at radius 1 is 1.25 bits per heavy atom. The van der Waals surface area contributed by atoms with Crippen LogP contribution in [0, 0.1) is 0 Å². The Morgan fingerprint density at radius 2 is 2.00 bits per heavy atom. The maximum absolute atomic E-state index is 12.0. The Bertz CT molecular complexity index is 671. The highest BCUT2D eigenvalue weighted by molar-refractivity contribution is 5.92. The van der Waals surface area contributed by atoms with Crippen molar-refractivity contribution in [1.82, 2.24) is 10.2 Å². The van der Waals surface area contributed by atoms with E-state index in [-0.39, 0.29) is 30.9 Å². The lowest BCUT2D eigenvalue weighted by atomic mass is 10.2. The third-order valence-electron chi connectivity index (χ3n) is 3.68. The van der Waals surface area contributed by atoms with Crippen molar-refractivity contribution in [3.8, 4) is 11.5 Å². The molecule has 0 saturated heterocycles. The molecule has 0 unspecified atom stereocenters. The van der Waals surface area contributed by atoms with E-state index in [0.717, 1.165) is 12.8 Å². The zero-order valence-corrected chi connectivity index (χ0v) is 13.2. The second-order valence-corrected chi connectivity index (χ2v) is 5.74. The van der Waals surface area contributed by atoms with Crippen LogP contribution in [0.5, 0.6) is 11.5 Å². The van der Waals surface area contributed by atoms with Gasteiger partial charge in [-0.3, -0.25) is 9.59 Å². The zero-order valence-electron chi connectivity index (χ0n) is 13.2. The van der Waals surface area contributed by atoms with Gasteiger partial charge < -0.3 is 24.4 Å². The van der Waals surface area contributed by atoms with E-state index in [2.05, 4.69) is 5.32 Å². The summed E-state index contributed by atoms with van der Waals surface area (Å²) in [6.07, 6.45) is 1.97. The lowest BCUT2D eigenvalue weighted by Gasteiger charge is -2.16. The molecule has 1 aliphatic heterocycles. The van der Waals surface area contributed by atoms with Gasteiger partial charge in [-0.25, -0.2) is 4.79 Å². The average Bonchev–Trinajstić information content (AvgIpc) is 3.24. The Balaban J connectivity index is 1.46. The largest absolute Gasteiger partial charge is 0.454 e. The summed E-state index contributed by atoms with van der Waals surface area (Å²) in [5.74, 6) is -0.281. The summed E-state index contributed by atoms with van der Waals surface area (Å²) in [6.45, 7) is -0.378. The van der Waals surface area contributed by atoms with E-state index < -0.39 is 18.5 Å². The Morgan fingerprint density at radius 3 is 2.75 bits per heavy atom. The molecule has 0 atom stereocenters. The van der Waals surface area contributed by atoms with Crippen LogP contribution >= 0.6 is 0 Å². The first kappa shape index (κ1) is 16.1. The molecule has 1 heterocycles. The second kappa shape index (κ2) is 6.77. The Hall–Kier alpha value is -2.77. The number of hydrogen-bond acceptors (Lipinski definition) is 6. The van der Waals surface area contributed by atoms with Gasteiger partial charge in [-0.2, -0.15) is 0 Å². The van der Waals surface area contributed by atoms with Crippen molar-refractivity contribution in [2.24, 2.45) is 0 Å². The maximum Gasteiger partial charge on any atom is 0.338 e. The van der Waals surface area contributed by atoms with Gasteiger partial charge in [0.25, 0.3) is 5.91 Å². The maximum atomic E-state index is 12.0. The van der Waals surface area contributed by atoms with Crippen LogP contribution in [-0.4, -0.2) is 55.7 Å². The third-order valence-corrected chi connectivity index (χ3v) is 3.68. The van der Waals surface area contributed by atoms with Crippen LogP contribution in [0.1, 0.15) is 23.2 Å². The minimum atomic E-state index is -0.641. The summed E-state index contributed by atoms with van der Waals surface area (Å²) in [4.78, 5) is 36.8. The molecule has 0 spiro atoms. The Labute approximate surface area is 138 Å². The lowest BCUT2D eigenvalue weighted by molar-refractivity contribution is -0.137. The molecule has 24 heavy (non-hydrogen) atoms. The number of likely N-dealkylation sites (N-methyl/N-ethyl adjacent to an activating group) is 1. The van der Waals surface area contributed by atoms with Crippen LogP contribution < -0.4 is 14.8 Å². The first-order chi connectivity index (χ1) is 11.5. The molecular formula is C16H18N2O6. The highest BCUT2D eigenvalue weighted by Gasteiger charge is 2.24. The number of hydrogen-bond donors (Lipinski definition) is 1. The molecule has 128 valence electrons. The molecule has 2 aliphatic rings. The molecule has 1 aliphatic carbocycles. The molecular weight excluding hydrogens is 316 g/mol. The summed E-state index contributed by atoms with van der Waals surface area (Å²) in [7, 11) is 1.49. The van der Waals surface area contributed by atoms with E-state index in [1.54, 1.807) is 6.07 Å². The van der Waals surface area contributed by atoms with Crippen molar-refractivity contribution in [2.45, 2.75) is 18.9 Å². The summed E-state index contributed by atoms with van der Waals surface area (Å²) < 4.78 is 15.3. The predicted molar refractivity (Wildman–Crippen MR) is 81.6 cm³/mol. The molecule has 8 heteroatoms. The fraction of sp³-hybridized carbons (Fsp3) is 0.438. The second-order valence-electron chi connectivity index (χ2n) is 5.74. The first-order valence-corrected chi connectivity index (χ1v) is 7.63. The standard InChI is InChI=1S/C16H18N2O6/c1-18(7-14(19)17-11-3-4-11)15(20)8-22-16(21)10-2-5-12-13(6-10)24-9-23-12/h2,5-6,11H,3-4,7-9H2,1H3,(H,17,19). The molecule has 1 fully saturated rings. The molecule has 1 saturated carbocycles. The van der Waals surface area contributed by atoms with Crippen molar-refractivity contribution in [2.75, 3.05) is 27.0 Å². The molecule has 3 rings (SSSR count). The number of ether oxygens (including phenoxy) is 3. The van der Waals surface area contributed by atoms with Gasteiger partial charge in [-0.1, -0.05) is 0 Å². The van der Waals surface area contributed by atoms with Crippen molar-refractivity contribution < 1.29 is 28.6 Å². The van der Waals surface area contributed by atoms with E-state index >= 15 is 0 Å². The van der Waals surface area contributed by atoms with Crippen LogP contribution in [0.15, 0.2) is 18.2 Å². The van der Waals surface area contributed by atoms with Crippen LogP contribution in [0.25, 0.3) is 0 Å². The minimum Gasteiger partial charge on any atom is -0.454 e. The summed E-state index contributed by atoms with van der Waals surface area (Å²) in [6, 6.07) is 4.88. The van der Waals surface area contributed by atoms with Crippen molar-refractivity contribution >= 4 is 17.8 Å². The molecule has 0 aromatic heterocycles. The molecule has 2 amide bonds. The third kappa shape index (κ3) is 3.95. The lowest BCUT2D eigenvalue weighted by Crippen LogP contribution is -2.40. The van der Waals surface area contributed by atoms with Crippen LogP contribution in [0.2, 0.25) is 0 Å². The number of fused-ring (bicyclic) bond motifs is 1. The predicted octanol–water partition coefficient (Wildman–Crippen LogP) is 0.309. The summed E-state index contributed by atoms with van der Waals surface area (Å²) in [5.41, 5.74) is 0.265. The fourth-order valence-corrected chi connectivity index (χ4v) is 2.15. The van der Waals surface area contributed by atoms with Gasteiger partial charge in [0.05, 0.1) is 12.1 Å². The molecule has 1 aromatic carbocycles. The topological polar surface area (TPSA) is 94.2 Å². The van der Waals surface area contributed by atoms with E-state index in [1.165, 1.54) is 24.1 Å². The van der Waals surface area contributed by atoms with E-state index in [9.17, 15) is 14.4 Å². The van der Waals surface area contributed by atoms with Gasteiger partial charge in [-0.15, -0.1) is 0 Å². The number of carbonyl (C=O) groups is 3. The van der Waals surface area contributed by atoms with Gasteiger partial charge >= 0.3 is 5.97 Å². The molecule has 1 aromatic rings. The summed E-state index contributed by atoms with van der Waals surface area (Å²) >= 11 is 0. The van der Waals surface area contributed by atoms with Crippen LogP contribution in [-0.2, 0) is 14.3 Å². The molecule has 1 N–H and O–H groups in total. The smallest absolute Gasteiger partial charge is 0.338 e. The van der Waals surface area contributed by atoms with Gasteiger partial charge in [0.2, 0.25) is 12.7 Å². The van der Waals surface area contributed by atoms with Crippen LogP contribution in [0.3, 0.4) is 0 Å². The molecule has 8 nitrogen and oxygen atoms in total. The molecule has 0 radical (unpaired) electrons. The average molecular weight is 334 g/mol. The number of nitrogens with one attached hydrogen (secondary N) is 1. The molecule has 0 bridgehead atoms. The number of nitrogens with zero attached hydrogens (tertiary/aromatic N) is 1. The van der Waals surface area contributed by atoms with Crippen molar-refractivity contribution in [3.63, 3.8) is 0 Å². The van der Waals surface area contributed by atoms with Gasteiger partial charge in [0.1, 0.15) is 0 Å². The van der Waals surface area contributed by atoms with Gasteiger partial charge in [-0.05, 0) is 31.0 Å². The van der Waals surface area contributed by atoms with E-state index in [0.29, 0.717) is 11.5 Å². The Kier molecular flexibility index (Phi) is 4.54. The quantitative estimate of drug-likeness (QED) is 0.753. The van der Waals surface area contributed by atoms with E-state index in [4.69, 9.17) is 14.2 Å². The van der Waals surface area contributed by atoms with Crippen molar-refractivity contribution in [3.05, 3.63) is 23.8 Å². The highest BCUT2D eigenvalue weighted by Crippen LogP contribution is 2.32. The van der Waals surface area contributed by atoms with Crippen LogP contribution in [0.4, 0.5) is 0 Å². The summed E-state index contributed by atoms with van der Waals surface area (Å²) in [5, 5.41) is 2.79. The normalized spacial score (nSPS) is 14.9. The first-order valence-electron chi connectivity index (χ1n) is 7.63. The zero-order chi connectivity index (χ0) is 17.1. The SMILES string of the molecule is CN(CC(=O)NC1CC1)C(=O)COC(=O)c1ccc2c(c1)OCO2. The monoisotopic (exact) mass is 334 g/mol. The minimum absolute atomic E-state index is 0.0586. The number of carbonyl (C=O) groups excluding carboxylic acids is 3. The number of esters is 1. The highest BCUT2D eigenvalue weighted by atomic mass is 16.7. The number of benzene rings is 1.